The van der Waals surface area contributed by atoms with Gasteiger partial charge in [0.25, 0.3) is 0 Å². The Morgan fingerprint density at radius 1 is 0.875 bits per heavy atom. The van der Waals surface area contributed by atoms with Crippen molar-refractivity contribution in [1.82, 2.24) is 0 Å². The Labute approximate surface area is 113 Å². The van der Waals surface area contributed by atoms with Gasteiger partial charge in [0.05, 0.1) is 0 Å². The zero-order valence-corrected chi connectivity index (χ0v) is 12.7. The minimum atomic E-state index is -2.45. The van der Waals surface area contributed by atoms with Crippen LogP contribution in [0.5, 0.6) is 0 Å². The van der Waals surface area contributed by atoms with E-state index in [1.807, 2.05) is 20.8 Å². The van der Waals surface area contributed by atoms with Crippen molar-refractivity contribution in [3.63, 3.8) is 0 Å². The van der Waals surface area contributed by atoms with Crippen LogP contribution in [0.2, 0.25) is 0 Å². The first-order chi connectivity index (χ1) is 7.24. The van der Waals surface area contributed by atoms with E-state index in [0.29, 0.717) is 19.8 Å². The molecule has 0 atom stereocenters. The van der Waals surface area contributed by atoms with Crippen LogP contribution in [0.1, 0.15) is 34.1 Å². The van der Waals surface area contributed by atoms with Crippen LogP contribution in [0.15, 0.2) is 0 Å². The van der Waals surface area contributed by atoms with Crippen molar-refractivity contribution in [2.24, 2.45) is 0 Å². The number of hydrogen-bond donors (Lipinski definition) is 0. The molecular formula is C9H26O3S2Si2. The minimum Gasteiger partial charge on any atom is -0.365 e. The summed E-state index contributed by atoms with van der Waals surface area (Å²) >= 11 is 0. The van der Waals surface area contributed by atoms with E-state index in [2.05, 4.69) is 6.92 Å². The quantitative estimate of drug-likeness (QED) is 0.349. The number of rotatable bonds is 10. The molecule has 0 aromatic heterocycles. The average molecular weight is 303 g/mol. The summed E-state index contributed by atoms with van der Waals surface area (Å²) < 4.78 is 17.1. The summed E-state index contributed by atoms with van der Waals surface area (Å²) in [5.41, 5.74) is 0. The highest BCUT2D eigenvalue weighted by Gasteiger charge is 2.42. The maximum Gasteiger partial charge on any atom is 0.584 e. The van der Waals surface area contributed by atoms with Crippen LogP contribution >= 0.6 is 21.0 Å². The van der Waals surface area contributed by atoms with Gasteiger partial charge in [-0.3, -0.25) is 0 Å². The molecule has 0 aliphatic rings. The molecule has 0 fully saturated rings. The molecule has 0 heterocycles. The van der Waals surface area contributed by atoms with Gasteiger partial charge >= 0.3 is 7.95 Å². The maximum absolute atomic E-state index is 5.69. The molecule has 3 nitrogen and oxygen atoms in total. The van der Waals surface area contributed by atoms with E-state index in [1.54, 1.807) is 21.0 Å². The van der Waals surface area contributed by atoms with Crippen molar-refractivity contribution >= 4 is 40.0 Å². The third-order valence-corrected chi connectivity index (χ3v) is 9.66. The van der Waals surface area contributed by atoms with Crippen LogP contribution in [-0.4, -0.2) is 44.5 Å². The van der Waals surface area contributed by atoms with Gasteiger partial charge in [0.1, 0.15) is 0 Å². The van der Waals surface area contributed by atoms with E-state index in [-0.39, 0.29) is 11.0 Å². The standard InChI is InChI=1S/C9H22O3S2Si.H4Si/c1-5-9-13-14-15(10-6-2,11-7-3)12-8-4;/h5-9H2,1-4H3;1H4. The lowest BCUT2D eigenvalue weighted by molar-refractivity contribution is 0.0971. The maximum atomic E-state index is 5.69. The molecule has 0 rings (SSSR count). The fraction of sp³-hybridized carbons (Fsp3) is 1.00. The minimum absolute atomic E-state index is 0. The summed E-state index contributed by atoms with van der Waals surface area (Å²) in [6.45, 7) is 10.0. The predicted molar refractivity (Wildman–Crippen MR) is 82.3 cm³/mol. The fourth-order valence-corrected chi connectivity index (χ4v) is 8.80. The highest BCUT2D eigenvalue weighted by molar-refractivity contribution is 8.87. The second-order valence-corrected chi connectivity index (χ2v) is 9.59. The Bertz CT molecular complexity index is 136. The van der Waals surface area contributed by atoms with Gasteiger partial charge in [-0.1, -0.05) is 17.7 Å². The molecule has 0 saturated heterocycles. The first-order valence-electron chi connectivity index (χ1n) is 5.47. The van der Waals surface area contributed by atoms with Gasteiger partial charge in [-0.15, -0.1) is 0 Å². The van der Waals surface area contributed by atoms with Gasteiger partial charge in [-0.25, -0.2) is 0 Å². The zero-order chi connectivity index (χ0) is 11.6. The highest BCUT2D eigenvalue weighted by atomic mass is 33.2. The molecular weight excluding hydrogens is 276 g/mol. The molecule has 0 aromatic rings. The monoisotopic (exact) mass is 302 g/mol. The molecule has 100 valence electrons. The normalized spacial score (nSPS) is 11.2. The van der Waals surface area contributed by atoms with Gasteiger partial charge < -0.3 is 13.3 Å². The van der Waals surface area contributed by atoms with E-state index < -0.39 is 7.95 Å². The summed E-state index contributed by atoms with van der Waals surface area (Å²) in [5.74, 6) is 1.10. The summed E-state index contributed by atoms with van der Waals surface area (Å²) in [7, 11) is 0.987. The lowest BCUT2D eigenvalue weighted by Crippen LogP contribution is -2.42. The van der Waals surface area contributed by atoms with E-state index in [9.17, 15) is 0 Å². The van der Waals surface area contributed by atoms with Gasteiger partial charge in [-0.2, -0.15) is 0 Å². The lowest BCUT2D eigenvalue weighted by atomic mass is 10.6. The van der Waals surface area contributed by atoms with Crippen molar-refractivity contribution in [2.45, 2.75) is 34.1 Å². The average Bonchev–Trinajstić information content (AvgIpc) is 2.19. The molecule has 0 spiro atoms. The van der Waals surface area contributed by atoms with Gasteiger partial charge in [0.15, 0.2) is 0 Å². The molecule has 0 N–H and O–H groups in total. The molecule has 0 saturated carbocycles. The first kappa shape index (κ1) is 19.4. The van der Waals surface area contributed by atoms with Crippen molar-refractivity contribution < 1.29 is 13.3 Å². The molecule has 0 aromatic carbocycles. The van der Waals surface area contributed by atoms with Gasteiger partial charge in [-0.05, 0) is 48.4 Å². The van der Waals surface area contributed by atoms with Crippen molar-refractivity contribution in [2.75, 3.05) is 25.6 Å². The Balaban J connectivity index is 0. The van der Waals surface area contributed by atoms with Crippen LogP contribution in [0.4, 0.5) is 0 Å². The molecule has 0 aliphatic carbocycles. The van der Waals surface area contributed by atoms with Crippen LogP contribution in [0, 0.1) is 0 Å². The van der Waals surface area contributed by atoms with Gasteiger partial charge in [0, 0.05) is 25.6 Å². The topological polar surface area (TPSA) is 27.7 Å². The van der Waals surface area contributed by atoms with Gasteiger partial charge in [0.2, 0.25) is 0 Å². The molecule has 0 aliphatic heterocycles. The number of hydrogen-bond acceptors (Lipinski definition) is 5. The predicted octanol–water partition coefficient (Wildman–Crippen LogP) is 1.87. The van der Waals surface area contributed by atoms with Crippen molar-refractivity contribution in [3.8, 4) is 0 Å². The van der Waals surface area contributed by atoms with Crippen molar-refractivity contribution in [1.29, 1.82) is 0 Å². The summed E-state index contributed by atoms with van der Waals surface area (Å²) in [4.78, 5) is 0. The third-order valence-electron chi connectivity index (χ3n) is 1.41. The Morgan fingerprint density at radius 3 is 1.62 bits per heavy atom. The zero-order valence-electron chi connectivity index (χ0n) is 10.1. The Kier molecular flexibility index (Phi) is 15.1. The molecule has 7 heteroatoms. The first-order valence-corrected chi connectivity index (χ1v) is 10.2. The highest BCUT2D eigenvalue weighted by Crippen LogP contribution is 2.35. The fourth-order valence-electron chi connectivity index (χ4n) is 0.925. The Hall–Kier alpha value is 1.01. The second-order valence-electron chi connectivity index (χ2n) is 2.70. The third kappa shape index (κ3) is 8.16. The summed E-state index contributed by atoms with van der Waals surface area (Å²) in [6.07, 6.45) is 1.16. The summed E-state index contributed by atoms with van der Waals surface area (Å²) in [6, 6.07) is 0. The summed E-state index contributed by atoms with van der Waals surface area (Å²) in [5, 5.41) is 0. The molecule has 0 radical (unpaired) electrons. The van der Waals surface area contributed by atoms with E-state index in [4.69, 9.17) is 13.3 Å². The lowest BCUT2D eigenvalue weighted by Gasteiger charge is -2.26. The molecule has 0 amide bonds. The van der Waals surface area contributed by atoms with Crippen LogP contribution in [0.25, 0.3) is 0 Å². The second kappa shape index (κ2) is 12.5. The van der Waals surface area contributed by atoms with Crippen molar-refractivity contribution in [3.05, 3.63) is 0 Å². The van der Waals surface area contributed by atoms with E-state index in [1.165, 1.54) is 0 Å². The van der Waals surface area contributed by atoms with Crippen LogP contribution < -0.4 is 0 Å². The molecule has 0 bridgehead atoms. The SMILES string of the molecule is CCCSS[Si](OCC)(OCC)OCC.[SiH4]. The van der Waals surface area contributed by atoms with E-state index >= 15 is 0 Å². The Morgan fingerprint density at radius 2 is 1.31 bits per heavy atom. The largest absolute Gasteiger partial charge is 0.584 e. The van der Waals surface area contributed by atoms with Crippen LogP contribution in [-0.2, 0) is 13.3 Å². The van der Waals surface area contributed by atoms with E-state index in [0.717, 1.165) is 12.2 Å². The smallest absolute Gasteiger partial charge is 0.365 e. The molecule has 0 unspecified atom stereocenters. The van der Waals surface area contributed by atoms with Crippen LogP contribution in [0.3, 0.4) is 0 Å². The molecule has 16 heavy (non-hydrogen) atoms.